The molecule has 0 aromatic rings. The highest BCUT2D eigenvalue weighted by Gasteiger charge is 2.32. The van der Waals surface area contributed by atoms with E-state index in [9.17, 15) is 9.59 Å². The van der Waals surface area contributed by atoms with Gasteiger partial charge in [-0.05, 0) is 39.5 Å². The maximum Gasteiger partial charge on any atom is 0.410 e. The maximum atomic E-state index is 11.8. The first kappa shape index (κ1) is 15.3. The van der Waals surface area contributed by atoms with Gasteiger partial charge in [0.25, 0.3) is 0 Å². The van der Waals surface area contributed by atoms with Gasteiger partial charge in [0.1, 0.15) is 10.4 Å². The maximum absolute atomic E-state index is 11.8. The number of rotatable bonds is 2. The molecule has 0 bridgehead atoms. The van der Waals surface area contributed by atoms with E-state index in [0.717, 1.165) is 0 Å². The average molecular weight is 322 g/mol. The Hall–Kier alpha value is -0.780. The number of piperidine rings is 1. The summed E-state index contributed by atoms with van der Waals surface area (Å²) in [5.41, 5.74) is -0.493. The molecular formula is C12H20BrNO4. The number of nitrogens with zero attached hydrogens (tertiary/aromatic N) is 1. The minimum absolute atomic E-state index is 0.0705. The van der Waals surface area contributed by atoms with Crippen LogP contribution in [0.5, 0.6) is 0 Å². The Kier molecular flexibility index (Phi) is 5.01. The third kappa shape index (κ3) is 4.48. The monoisotopic (exact) mass is 321 g/mol. The lowest BCUT2D eigenvalue weighted by atomic mass is 9.94. The fourth-order valence-electron chi connectivity index (χ4n) is 1.90. The van der Waals surface area contributed by atoms with Crippen molar-refractivity contribution in [3.05, 3.63) is 0 Å². The predicted molar refractivity (Wildman–Crippen MR) is 70.9 cm³/mol. The van der Waals surface area contributed by atoms with E-state index in [-0.39, 0.29) is 12.0 Å². The molecule has 1 saturated heterocycles. The van der Waals surface area contributed by atoms with Crippen LogP contribution in [0.15, 0.2) is 0 Å². The first-order valence-corrected chi connectivity index (χ1v) is 6.97. The van der Waals surface area contributed by atoms with Crippen LogP contribution >= 0.6 is 15.9 Å². The van der Waals surface area contributed by atoms with Crippen LogP contribution in [0, 0.1) is 5.92 Å². The number of aliphatic carboxylic acids is 1. The molecule has 0 unspecified atom stereocenters. The summed E-state index contributed by atoms with van der Waals surface area (Å²) in [6.07, 6.45) is 1.05. The van der Waals surface area contributed by atoms with Gasteiger partial charge in [0.05, 0.1) is 0 Å². The largest absolute Gasteiger partial charge is 0.480 e. The van der Waals surface area contributed by atoms with Crippen LogP contribution in [0.1, 0.15) is 33.6 Å². The van der Waals surface area contributed by atoms with E-state index in [4.69, 9.17) is 9.84 Å². The summed E-state index contributed by atoms with van der Waals surface area (Å²) in [6.45, 7) is 6.59. The van der Waals surface area contributed by atoms with E-state index in [1.54, 1.807) is 4.90 Å². The van der Waals surface area contributed by atoms with E-state index in [0.29, 0.717) is 25.9 Å². The van der Waals surface area contributed by atoms with Gasteiger partial charge in [-0.2, -0.15) is 0 Å². The van der Waals surface area contributed by atoms with Crippen molar-refractivity contribution < 1.29 is 19.4 Å². The lowest BCUT2D eigenvalue weighted by Crippen LogP contribution is -2.43. The number of amides is 1. The molecule has 6 heteroatoms. The van der Waals surface area contributed by atoms with Crippen molar-refractivity contribution in [1.29, 1.82) is 0 Å². The number of hydrogen-bond donors (Lipinski definition) is 1. The minimum atomic E-state index is -0.842. The number of halogens is 1. The fraction of sp³-hybridized carbons (Fsp3) is 0.833. The van der Waals surface area contributed by atoms with Crippen LogP contribution < -0.4 is 0 Å². The van der Waals surface area contributed by atoms with Gasteiger partial charge in [0, 0.05) is 13.1 Å². The highest BCUT2D eigenvalue weighted by molar-refractivity contribution is 9.10. The Balaban J connectivity index is 2.44. The van der Waals surface area contributed by atoms with E-state index in [1.165, 1.54) is 0 Å². The lowest BCUT2D eigenvalue weighted by Gasteiger charge is -2.34. The van der Waals surface area contributed by atoms with Crippen molar-refractivity contribution in [3.63, 3.8) is 0 Å². The van der Waals surface area contributed by atoms with Crippen LogP contribution in [0.2, 0.25) is 0 Å². The molecule has 0 saturated carbocycles. The van der Waals surface area contributed by atoms with Crippen LogP contribution in [0.4, 0.5) is 4.79 Å². The summed E-state index contributed by atoms with van der Waals surface area (Å²) >= 11 is 3.18. The van der Waals surface area contributed by atoms with Crippen molar-refractivity contribution in [1.82, 2.24) is 4.90 Å². The quantitative estimate of drug-likeness (QED) is 0.793. The molecule has 1 rings (SSSR count). The highest BCUT2D eigenvalue weighted by atomic mass is 79.9. The number of ether oxygens (including phenoxy) is 1. The first-order chi connectivity index (χ1) is 8.20. The third-order valence-electron chi connectivity index (χ3n) is 2.84. The van der Waals surface area contributed by atoms with Gasteiger partial charge in [-0.1, -0.05) is 15.9 Å². The van der Waals surface area contributed by atoms with Gasteiger partial charge in [0.15, 0.2) is 0 Å². The van der Waals surface area contributed by atoms with Gasteiger partial charge < -0.3 is 14.7 Å². The molecule has 1 atom stereocenters. The number of hydrogen-bond acceptors (Lipinski definition) is 3. The Bertz CT molecular complexity index is 319. The van der Waals surface area contributed by atoms with Gasteiger partial charge in [0.2, 0.25) is 0 Å². The Morgan fingerprint density at radius 2 is 1.83 bits per heavy atom. The first-order valence-electron chi connectivity index (χ1n) is 6.05. The van der Waals surface area contributed by atoms with E-state index in [1.807, 2.05) is 20.8 Å². The molecular weight excluding hydrogens is 302 g/mol. The number of carboxylic acid groups (broad SMARTS) is 1. The molecule has 1 aliphatic rings. The minimum Gasteiger partial charge on any atom is -0.480 e. The standard InChI is InChI=1S/C12H20BrNO4/c1-12(2,3)18-11(17)14-6-4-8(5-7-14)9(13)10(15)16/h8-9H,4-7H2,1-3H3,(H,15,16)/t9-/m1/s1. The van der Waals surface area contributed by atoms with Crippen LogP contribution in [0.3, 0.4) is 0 Å². The second kappa shape index (κ2) is 5.91. The van der Waals surface area contributed by atoms with Gasteiger partial charge in [-0.25, -0.2) is 4.79 Å². The lowest BCUT2D eigenvalue weighted by molar-refractivity contribution is -0.137. The molecule has 1 amide bonds. The molecule has 0 spiro atoms. The zero-order valence-electron chi connectivity index (χ0n) is 11.0. The number of alkyl halides is 1. The molecule has 5 nitrogen and oxygen atoms in total. The second-order valence-corrected chi connectivity index (χ2v) is 6.53. The van der Waals surface area contributed by atoms with Crippen LogP contribution in [-0.4, -0.2) is 45.6 Å². The van der Waals surface area contributed by atoms with E-state index < -0.39 is 16.4 Å². The third-order valence-corrected chi connectivity index (χ3v) is 3.98. The normalized spacial score (nSPS) is 19.4. The molecule has 0 aliphatic carbocycles. The summed E-state index contributed by atoms with van der Waals surface area (Å²) in [5, 5.41) is 8.91. The summed E-state index contributed by atoms with van der Waals surface area (Å²) in [7, 11) is 0. The number of carboxylic acids is 1. The van der Waals surface area contributed by atoms with Crippen molar-refractivity contribution in [2.45, 2.75) is 44.0 Å². The van der Waals surface area contributed by atoms with E-state index in [2.05, 4.69) is 15.9 Å². The second-order valence-electron chi connectivity index (χ2n) is 5.54. The smallest absolute Gasteiger partial charge is 0.410 e. The van der Waals surface area contributed by atoms with E-state index >= 15 is 0 Å². The van der Waals surface area contributed by atoms with Gasteiger partial charge in [-0.3, -0.25) is 4.79 Å². The number of likely N-dealkylation sites (tertiary alicyclic amines) is 1. The Morgan fingerprint density at radius 3 is 2.22 bits per heavy atom. The molecule has 0 radical (unpaired) electrons. The van der Waals surface area contributed by atoms with Crippen LogP contribution in [0.25, 0.3) is 0 Å². The zero-order chi connectivity index (χ0) is 13.9. The summed E-state index contributed by atoms with van der Waals surface area (Å²) in [4.78, 5) is 23.8. The molecule has 1 aliphatic heterocycles. The molecule has 0 aromatic carbocycles. The summed E-state index contributed by atoms with van der Waals surface area (Å²) in [5.74, 6) is -0.771. The summed E-state index contributed by atoms with van der Waals surface area (Å²) in [6, 6.07) is 0. The molecule has 18 heavy (non-hydrogen) atoms. The van der Waals surface area contributed by atoms with Gasteiger partial charge >= 0.3 is 12.1 Å². The molecule has 1 fully saturated rings. The van der Waals surface area contributed by atoms with Crippen molar-refractivity contribution in [3.8, 4) is 0 Å². The molecule has 0 aromatic heterocycles. The number of carbonyl (C=O) groups is 2. The fourth-order valence-corrected chi connectivity index (χ4v) is 2.43. The average Bonchev–Trinajstić information content (AvgIpc) is 2.26. The molecule has 1 N–H and O–H groups in total. The van der Waals surface area contributed by atoms with Gasteiger partial charge in [-0.15, -0.1) is 0 Å². The SMILES string of the molecule is CC(C)(C)OC(=O)N1CCC([C@@H](Br)C(=O)O)CC1. The number of carbonyl (C=O) groups excluding carboxylic acids is 1. The zero-order valence-corrected chi connectivity index (χ0v) is 12.6. The van der Waals surface area contributed by atoms with Crippen molar-refractivity contribution >= 4 is 28.0 Å². The highest BCUT2D eigenvalue weighted by Crippen LogP contribution is 2.26. The Morgan fingerprint density at radius 1 is 1.33 bits per heavy atom. The van der Waals surface area contributed by atoms with Crippen LogP contribution in [-0.2, 0) is 9.53 Å². The van der Waals surface area contributed by atoms with Crippen molar-refractivity contribution in [2.24, 2.45) is 5.92 Å². The Labute approximate surface area is 116 Å². The molecule has 104 valence electrons. The molecule has 1 heterocycles. The topological polar surface area (TPSA) is 66.8 Å². The van der Waals surface area contributed by atoms with Crippen molar-refractivity contribution in [2.75, 3.05) is 13.1 Å². The summed E-state index contributed by atoms with van der Waals surface area (Å²) < 4.78 is 5.28. The predicted octanol–water partition coefficient (Wildman–Crippen LogP) is 2.48.